The number of aliphatic hydroxyl groups is 1. The fourth-order valence-electron chi connectivity index (χ4n) is 1.04. The Bertz CT molecular complexity index is 123. The molecule has 11 heavy (non-hydrogen) atoms. The molecule has 0 aromatic carbocycles. The predicted octanol–water partition coefficient (Wildman–Crippen LogP) is -0.304. The van der Waals surface area contributed by atoms with E-state index in [9.17, 15) is 0 Å². The summed E-state index contributed by atoms with van der Waals surface area (Å²) < 4.78 is 0. The van der Waals surface area contributed by atoms with Gasteiger partial charge in [0.2, 0.25) is 0 Å². The standard InChI is InChI=1S/C8H18N2O/c1-7(4-9)10-5-8(6-11)2-3-8/h7,10-11H,2-6,9H2,1H3. The van der Waals surface area contributed by atoms with Crippen molar-refractivity contribution in [1.82, 2.24) is 5.32 Å². The second-order valence-corrected chi connectivity index (χ2v) is 3.68. The largest absolute Gasteiger partial charge is 0.396 e. The van der Waals surface area contributed by atoms with Crippen molar-refractivity contribution >= 4 is 0 Å². The molecule has 0 aliphatic heterocycles. The van der Waals surface area contributed by atoms with Crippen molar-refractivity contribution in [2.45, 2.75) is 25.8 Å². The van der Waals surface area contributed by atoms with Crippen molar-refractivity contribution in [3.8, 4) is 0 Å². The van der Waals surface area contributed by atoms with Crippen LogP contribution in [0.1, 0.15) is 19.8 Å². The van der Waals surface area contributed by atoms with Crippen LogP contribution in [-0.4, -0.2) is 30.8 Å². The Hall–Kier alpha value is -0.120. The third-order valence-corrected chi connectivity index (χ3v) is 2.47. The average molecular weight is 158 g/mol. The van der Waals surface area contributed by atoms with E-state index in [1.807, 2.05) is 0 Å². The van der Waals surface area contributed by atoms with Gasteiger partial charge in [-0.25, -0.2) is 0 Å². The molecule has 3 heteroatoms. The van der Waals surface area contributed by atoms with Gasteiger partial charge in [0.05, 0.1) is 0 Å². The zero-order valence-electron chi connectivity index (χ0n) is 7.14. The summed E-state index contributed by atoms with van der Waals surface area (Å²) in [4.78, 5) is 0. The summed E-state index contributed by atoms with van der Waals surface area (Å²) in [7, 11) is 0. The Morgan fingerprint density at radius 1 is 1.64 bits per heavy atom. The maximum atomic E-state index is 8.97. The van der Waals surface area contributed by atoms with Crippen LogP contribution in [0.4, 0.5) is 0 Å². The molecule has 0 heterocycles. The first-order valence-electron chi connectivity index (χ1n) is 4.27. The van der Waals surface area contributed by atoms with Crippen molar-refractivity contribution in [1.29, 1.82) is 0 Å². The van der Waals surface area contributed by atoms with Crippen LogP contribution < -0.4 is 11.1 Å². The van der Waals surface area contributed by atoms with Gasteiger partial charge in [-0.2, -0.15) is 0 Å². The molecule has 4 N–H and O–H groups in total. The van der Waals surface area contributed by atoms with E-state index < -0.39 is 0 Å². The minimum absolute atomic E-state index is 0.212. The zero-order chi connectivity index (χ0) is 8.32. The van der Waals surface area contributed by atoms with Crippen LogP contribution in [0.15, 0.2) is 0 Å². The van der Waals surface area contributed by atoms with E-state index >= 15 is 0 Å². The summed E-state index contributed by atoms with van der Waals surface area (Å²) in [5, 5.41) is 12.3. The summed E-state index contributed by atoms with van der Waals surface area (Å²) in [6.45, 7) is 3.97. The number of hydrogen-bond acceptors (Lipinski definition) is 3. The SMILES string of the molecule is CC(CN)NCC1(CO)CC1. The topological polar surface area (TPSA) is 58.3 Å². The van der Waals surface area contributed by atoms with Crippen LogP contribution >= 0.6 is 0 Å². The van der Waals surface area contributed by atoms with Crippen LogP contribution in [0.2, 0.25) is 0 Å². The van der Waals surface area contributed by atoms with E-state index in [1.165, 1.54) is 0 Å². The summed E-state index contributed by atoms with van der Waals surface area (Å²) >= 11 is 0. The fourth-order valence-corrected chi connectivity index (χ4v) is 1.04. The predicted molar refractivity (Wildman–Crippen MR) is 45.3 cm³/mol. The number of nitrogens with two attached hydrogens (primary N) is 1. The molecule has 1 aliphatic rings. The van der Waals surface area contributed by atoms with E-state index in [-0.39, 0.29) is 5.41 Å². The van der Waals surface area contributed by atoms with E-state index in [2.05, 4.69) is 12.2 Å². The van der Waals surface area contributed by atoms with Gasteiger partial charge in [-0.15, -0.1) is 0 Å². The third-order valence-electron chi connectivity index (χ3n) is 2.47. The van der Waals surface area contributed by atoms with E-state index in [0.717, 1.165) is 19.4 Å². The first kappa shape index (κ1) is 8.97. The van der Waals surface area contributed by atoms with Gasteiger partial charge in [-0.3, -0.25) is 0 Å². The highest BCUT2D eigenvalue weighted by Crippen LogP contribution is 2.44. The number of nitrogens with one attached hydrogen (secondary N) is 1. The van der Waals surface area contributed by atoms with Crippen molar-refractivity contribution < 1.29 is 5.11 Å². The van der Waals surface area contributed by atoms with Gasteiger partial charge in [-0.05, 0) is 19.8 Å². The maximum absolute atomic E-state index is 8.97. The number of aliphatic hydroxyl groups excluding tert-OH is 1. The van der Waals surface area contributed by atoms with Gasteiger partial charge >= 0.3 is 0 Å². The molecular weight excluding hydrogens is 140 g/mol. The highest BCUT2D eigenvalue weighted by molar-refractivity contribution is 4.94. The molecule has 66 valence electrons. The molecule has 1 fully saturated rings. The molecule has 1 rings (SSSR count). The minimum atomic E-state index is 0.212. The zero-order valence-corrected chi connectivity index (χ0v) is 7.14. The lowest BCUT2D eigenvalue weighted by molar-refractivity contribution is 0.205. The van der Waals surface area contributed by atoms with Gasteiger partial charge in [-0.1, -0.05) is 0 Å². The molecule has 3 nitrogen and oxygen atoms in total. The molecule has 1 aliphatic carbocycles. The van der Waals surface area contributed by atoms with Crippen molar-refractivity contribution in [2.24, 2.45) is 11.1 Å². The van der Waals surface area contributed by atoms with Gasteiger partial charge in [0.1, 0.15) is 0 Å². The number of hydrogen-bond donors (Lipinski definition) is 3. The van der Waals surface area contributed by atoms with Crippen molar-refractivity contribution in [2.75, 3.05) is 19.7 Å². The Balaban J connectivity index is 2.11. The normalized spacial score (nSPS) is 23.2. The molecule has 1 atom stereocenters. The molecule has 0 radical (unpaired) electrons. The molecule has 1 saturated carbocycles. The Morgan fingerprint density at radius 3 is 2.64 bits per heavy atom. The molecule has 0 spiro atoms. The first-order valence-corrected chi connectivity index (χ1v) is 4.27. The molecular formula is C8H18N2O. The van der Waals surface area contributed by atoms with Crippen LogP contribution in [0.5, 0.6) is 0 Å². The molecule has 0 saturated heterocycles. The fraction of sp³-hybridized carbons (Fsp3) is 1.00. The quantitative estimate of drug-likeness (QED) is 0.514. The molecule has 1 unspecified atom stereocenters. The Morgan fingerprint density at radius 2 is 2.27 bits per heavy atom. The highest BCUT2D eigenvalue weighted by Gasteiger charge is 2.41. The monoisotopic (exact) mass is 158 g/mol. The summed E-state index contributed by atoms with van der Waals surface area (Å²) in [6, 6.07) is 0.374. The maximum Gasteiger partial charge on any atom is 0.0499 e. The highest BCUT2D eigenvalue weighted by atomic mass is 16.3. The third kappa shape index (κ3) is 2.43. The van der Waals surface area contributed by atoms with Crippen molar-refractivity contribution in [3.05, 3.63) is 0 Å². The lowest BCUT2D eigenvalue weighted by Gasteiger charge is -2.16. The lowest BCUT2D eigenvalue weighted by atomic mass is 10.1. The summed E-state index contributed by atoms with van der Waals surface area (Å²) in [5.74, 6) is 0. The summed E-state index contributed by atoms with van der Waals surface area (Å²) in [6.07, 6.45) is 2.32. The van der Waals surface area contributed by atoms with Gasteiger partial charge in [0.25, 0.3) is 0 Å². The Labute approximate surface area is 68.0 Å². The van der Waals surface area contributed by atoms with Crippen LogP contribution in [0, 0.1) is 5.41 Å². The van der Waals surface area contributed by atoms with E-state index in [0.29, 0.717) is 19.2 Å². The van der Waals surface area contributed by atoms with Gasteiger partial charge in [0, 0.05) is 31.2 Å². The second kappa shape index (κ2) is 3.52. The molecule has 0 aromatic heterocycles. The molecule has 0 bridgehead atoms. The van der Waals surface area contributed by atoms with Crippen molar-refractivity contribution in [3.63, 3.8) is 0 Å². The first-order chi connectivity index (χ1) is 5.22. The van der Waals surface area contributed by atoms with Gasteiger partial charge in [0.15, 0.2) is 0 Å². The van der Waals surface area contributed by atoms with Crippen LogP contribution in [0.25, 0.3) is 0 Å². The minimum Gasteiger partial charge on any atom is -0.396 e. The number of rotatable bonds is 5. The Kier molecular flexibility index (Phi) is 2.87. The van der Waals surface area contributed by atoms with Crippen LogP contribution in [0.3, 0.4) is 0 Å². The lowest BCUT2D eigenvalue weighted by Crippen LogP contribution is -2.38. The van der Waals surface area contributed by atoms with E-state index in [1.54, 1.807) is 0 Å². The second-order valence-electron chi connectivity index (χ2n) is 3.68. The van der Waals surface area contributed by atoms with Gasteiger partial charge < -0.3 is 16.2 Å². The average Bonchev–Trinajstić information content (AvgIpc) is 2.81. The molecule has 0 aromatic rings. The molecule has 0 amide bonds. The van der Waals surface area contributed by atoms with E-state index in [4.69, 9.17) is 10.8 Å². The summed E-state index contributed by atoms with van der Waals surface area (Å²) in [5.41, 5.74) is 5.65. The van der Waals surface area contributed by atoms with Crippen LogP contribution in [-0.2, 0) is 0 Å². The smallest absolute Gasteiger partial charge is 0.0499 e.